The molecule has 3 unspecified atom stereocenters. The van der Waals surface area contributed by atoms with Crippen LogP contribution in [0.1, 0.15) is 83.6 Å². The van der Waals surface area contributed by atoms with E-state index in [0.717, 1.165) is 11.8 Å². The number of hydrogen-bond donors (Lipinski definition) is 0. The fourth-order valence-electron chi connectivity index (χ4n) is 7.54. The first kappa shape index (κ1) is 19.5. The lowest BCUT2D eigenvalue weighted by atomic mass is 9.65. The average Bonchev–Trinajstić information content (AvgIpc) is 3.26. The molecule has 2 nitrogen and oxygen atoms in total. The van der Waals surface area contributed by atoms with Crippen LogP contribution in [0, 0.1) is 24.2 Å². The molecule has 29 heavy (non-hydrogen) atoms. The normalized spacial score (nSPS) is 36.0. The lowest BCUT2D eigenvalue weighted by Gasteiger charge is -2.43. The third-order valence-electron chi connectivity index (χ3n) is 9.00. The van der Waals surface area contributed by atoms with Gasteiger partial charge in [0.1, 0.15) is 6.17 Å². The predicted octanol–water partition coefficient (Wildman–Crippen LogP) is 6.89. The van der Waals surface area contributed by atoms with Crippen LogP contribution in [0.4, 0.5) is 5.69 Å². The van der Waals surface area contributed by atoms with E-state index in [4.69, 9.17) is 0 Å². The number of rotatable bonds is 3. The van der Waals surface area contributed by atoms with Gasteiger partial charge in [0.25, 0.3) is 0 Å². The van der Waals surface area contributed by atoms with E-state index in [1.54, 1.807) is 0 Å². The smallest absolute Gasteiger partial charge is 0.105 e. The number of fused-ring (bicyclic) bond motifs is 1. The highest BCUT2D eigenvalue weighted by molar-refractivity contribution is 5.57. The Morgan fingerprint density at radius 1 is 0.897 bits per heavy atom. The van der Waals surface area contributed by atoms with Gasteiger partial charge in [0.15, 0.2) is 0 Å². The van der Waals surface area contributed by atoms with Crippen LogP contribution in [-0.4, -0.2) is 23.1 Å². The quantitative estimate of drug-likeness (QED) is 0.552. The van der Waals surface area contributed by atoms with E-state index in [0.29, 0.717) is 23.7 Å². The Kier molecular flexibility index (Phi) is 5.16. The summed E-state index contributed by atoms with van der Waals surface area (Å²) < 4.78 is 0. The summed E-state index contributed by atoms with van der Waals surface area (Å²) in [6.07, 6.45) is 19.9. The summed E-state index contributed by atoms with van der Waals surface area (Å²) in [4.78, 5) is 5.68. The zero-order chi connectivity index (χ0) is 20.0. The molecule has 0 aromatic heterocycles. The molecule has 2 heterocycles. The van der Waals surface area contributed by atoms with Gasteiger partial charge in [-0.15, -0.1) is 0 Å². The van der Waals surface area contributed by atoms with Crippen molar-refractivity contribution in [3.8, 4) is 0 Å². The van der Waals surface area contributed by atoms with E-state index in [9.17, 15) is 0 Å². The van der Waals surface area contributed by atoms with Crippen molar-refractivity contribution < 1.29 is 0 Å². The van der Waals surface area contributed by atoms with Gasteiger partial charge in [-0.05, 0) is 69.2 Å². The summed E-state index contributed by atoms with van der Waals surface area (Å²) in [5.41, 5.74) is 3.23. The summed E-state index contributed by atoms with van der Waals surface area (Å²) in [6, 6.07) is 10.3. The van der Waals surface area contributed by atoms with Gasteiger partial charge in [0.05, 0.1) is 6.04 Å². The van der Waals surface area contributed by atoms with Gasteiger partial charge >= 0.3 is 0 Å². The number of aryl methyl sites for hydroxylation is 1. The summed E-state index contributed by atoms with van der Waals surface area (Å²) in [7, 11) is 0. The van der Waals surface area contributed by atoms with Crippen LogP contribution in [0.2, 0.25) is 0 Å². The zero-order valence-corrected chi connectivity index (χ0v) is 18.8. The minimum atomic E-state index is 0.324. The van der Waals surface area contributed by atoms with Crippen LogP contribution in [0.3, 0.4) is 0 Å². The lowest BCUT2D eigenvalue weighted by Crippen LogP contribution is -2.46. The number of anilines is 1. The van der Waals surface area contributed by atoms with Crippen LogP contribution in [0.25, 0.3) is 0 Å². The van der Waals surface area contributed by atoms with Crippen LogP contribution >= 0.6 is 0 Å². The number of hydrogen-bond acceptors (Lipinski definition) is 2. The van der Waals surface area contributed by atoms with Crippen LogP contribution in [0.5, 0.6) is 0 Å². The first-order chi connectivity index (χ1) is 14.1. The van der Waals surface area contributed by atoms with Gasteiger partial charge in [0, 0.05) is 17.1 Å². The summed E-state index contributed by atoms with van der Waals surface area (Å²) in [5.74, 6) is 1.66. The van der Waals surface area contributed by atoms with E-state index in [1.165, 1.54) is 75.5 Å². The highest BCUT2D eigenvalue weighted by Gasteiger charge is 2.57. The van der Waals surface area contributed by atoms with Crippen molar-refractivity contribution in [2.24, 2.45) is 17.3 Å². The van der Waals surface area contributed by atoms with Crippen molar-refractivity contribution in [2.45, 2.75) is 103 Å². The van der Waals surface area contributed by atoms with Crippen LogP contribution in [-0.2, 0) is 0 Å². The zero-order valence-electron chi connectivity index (χ0n) is 18.8. The Labute approximate surface area is 178 Å². The maximum atomic E-state index is 2.85. The van der Waals surface area contributed by atoms with Crippen LogP contribution in [0.15, 0.2) is 36.5 Å². The summed E-state index contributed by atoms with van der Waals surface area (Å²) in [6.45, 7) is 7.43. The monoisotopic (exact) mass is 392 g/mol. The molecule has 5 rings (SSSR count). The molecular formula is C27H40N2. The SMILES string of the molecule is Cc1ccccc1N1C(C2CCCCC2)N2C=CC(C)(C3CCCCC3)C2[C@@H]1C. The molecule has 0 N–H and O–H groups in total. The Morgan fingerprint density at radius 2 is 1.55 bits per heavy atom. The number of nitrogens with zero attached hydrogens (tertiary/aromatic N) is 2. The van der Waals surface area contributed by atoms with Crippen molar-refractivity contribution in [2.75, 3.05) is 4.90 Å². The average molecular weight is 393 g/mol. The number of para-hydroxylation sites is 1. The predicted molar refractivity (Wildman–Crippen MR) is 123 cm³/mol. The van der Waals surface area contributed by atoms with Gasteiger partial charge < -0.3 is 9.80 Å². The van der Waals surface area contributed by atoms with Gasteiger partial charge in [-0.3, -0.25) is 0 Å². The Hall–Kier alpha value is -1.44. The first-order valence-corrected chi connectivity index (χ1v) is 12.4. The van der Waals surface area contributed by atoms with Crippen molar-refractivity contribution in [3.63, 3.8) is 0 Å². The largest absolute Gasteiger partial charge is 0.352 e. The molecule has 3 fully saturated rings. The molecule has 4 atom stereocenters. The third-order valence-corrected chi connectivity index (χ3v) is 9.00. The fraction of sp³-hybridized carbons (Fsp3) is 0.704. The molecule has 2 saturated carbocycles. The molecule has 4 aliphatic rings. The molecule has 2 aliphatic carbocycles. The van der Waals surface area contributed by atoms with E-state index in [-0.39, 0.29) is 0 Å². The van der Waals surface area contributed by atoms with Crippen molar-refractivity contribution in [3.05, 3.63) is 42.1 Å². The molecule has 0 spiro atoms. The van der Waals surface area contributed by atoms with E-state index >= 15 is 0 Å². The molecule has 0 amide bonds. The topological polar surface area (TPSA) is 6.48 Å². The van der Waals surface area contributed by atoms with Gasteiger partial charge in [-0.25, -0.2) is 0 Å². The minimum Gasteiger partial charge on any atom is -0.352 e. The lowest BCUT2D eigenvalue weighted by molar-refractivity contribution is 0.0886. The van der Waals surface area contributed by atoms with E-state index < -0.39 is 0 Å². The van der Waals surface area contributed by atoms with E-state index in [2.05, 4.69) is 67.1 Å². The summed E-state index contributed by atoms with van der Waals surface area (Å²) >= 11 is 0. The molecule has 2 aliphatic heterocycles. The number of benzene rings is 1. The molecule has 1 saturated heterocycles. The van der Waals surface area contributed by atoms with E-state index in [1.807, 2.05) is 0 Å². The second-order valence-electron chi connectivity index (χ2n) is 10.7. The minimum absolute atomic E-state index is 0.324. The van der Waals surface area contributed by atoms with Gasteiger partial charge in [0.2, 0.25) is 0 Å². The molecule has 158 valence electrons. The molecule has 0 bridgehead atoms. The maximum absolute atomic E-state index is 2.85. The molecule has 1 aromatic rings. The standard InChI is InChI=1S/C27H40N2/c1-20-12-10-11-17-24(20)29-21(2)25-27(3,23-15-8-5-9-16-23)18-19-28(25)26(29)22-13-6-4-7-14-22/h10-12,17-19,21-23,25-26H,4-9,13-16H2,1-3H3/t21-,25?,26?,27?/m0/s1. The highest BCUT2D eigenvalue weighted by atomic mass is 15.5. The van der Waals surface area contributed by atoms with Crippen LogP contribution < -0.4 is 4.90 Å². The Morgan fingerprint density at radius 3 is 2.24 bits per heavy atom. The maximum Gasteiger partial charge on any atom is 0.105 e. The van der Waals surface area contributed by atoms with Crippen molar-refractivity contribution in [1.82, 2.24) is 4.90 Å². The Balaban J connectivity index is 1.54. The Bertz CT molecular complexity index is 743. The molecule has 2 heteroatoms. The van der Waals surface area contributed by atoms with Gasteiger partial charge in [-0.1, -0.05) is 69.7 Å². The molecular weight excluding hydrogens is 352 g/mol. The summed E-state index contributed by atoms with van der Waals surface area (Å²) in [5, 5.41) is 0. The molecule has 0 radical (unpaired) electrons. The van der Waals surface area contributed by atoms with Gasteiger partial charge in [-0.2, -0.15) is 0 Å². The van der Waals surface area contributed by atoms with Crippen molar-refractivity contribution >= 4 is 5.69 Å². The second-order valence-corrected chi connectivity index (χ2v) is 10.7. The third kappa shape index (κ3) is 3.13. The fourth-order valence-corrected chi connectivity index (χ4v) is 7.54. The highest BCUT2D eigenvalue weighted by Crippen LogP contribution is 2.54. The van der Waals surface area contributed by atoms with Crippen molar-refractivity contribution in [1.29, 1.82) is 0 Å². The first-order valence-electron chi connectivity index (χ1n) is 12.4. The second kappa shape index (κ2) is 7.67. The molecule has 1 aromatic carbocycles.